The number of nitrogen functional groups attached to an aromatic ring is 1. The number of azo groups is 1. The molecule has 0 radical (unpaired) electrons. The lowest BCUT2D eigenvalue weighted by Gasteiger charge is -2.02. The minimum atomic E-state index is -4.33. The summed E-state index contributed by atoms with van der Waals surface area (Å²) in [5, 5.41) is 7.86. The molecule has 0 aliphatic carbocycles. The number of rotatable bonds is 3. The Hall–Kier alpha value is -2.25. The van der Waals surface area contributed by atoms with E-state index in [0.29, 0.717) is 11.4 Å². The zero-order chi connectivity index (χ0) is 14.8. The Morgan fingerprint density at radius 2 is 1.70 bits per heavy atom. The molecule has 2 aromatic carbocycles. The summed E-state index contributed by atoms with van der Waals surface area (Å²) >= 11 is 0. The molecule has 0 bridgehead atoms. The van der Waals surface area contributed by atoms with Gasteiger partial charge in [-0.3, -0.25) is 4.55 Å². The van der Waals surface area contributed by atoms with Crippen LogP contribution in [0.5, 0.6) is 0 Å². The van der Waals surface area contributed by atoms with Gasteiger partial charge in [0, 0.05) is 5.69 Å². The molecule has 7 heteroatoms. The monoisotopic (exact) mass is 291 g/mol. The molecule has 0 fully saturated rings. The van der Waals surface area contributed by atoms with Gasteiger partial charge in [0.25, 0.3) is 10.1 Å². The van der Waals surface area contributed by atoms with E-state index >= 15 is 0 Å². The van der Waals surface area contributed by atoms with E-state index in [-0.39, 0.29) is 10.6 Å². The summed E-state index contributed by atoms with van der Waals surface area (Å²) in [5.41, 5.74) is 7.71. The van der Waals surface area contributed by atoms with Gasteiger partial charge in [0.1, 0.15) is 10.6 Å². The van der Waals surface area contributed by atoms with Gasteiger partial charge in [-0.05, 0) is 42.8 Å². The molecule has 2 aromatic rings. The fourth-order valence-electron chi connectivity index (χ4n) is 1.66. The predicted octanol–water partition coefficient (Wildman–Crippen LogP) is 3.24. The van der Waals surface area contributed by atoms with Gasteiger partial charge < -0.3 is 5.73 Å². The molecular weight excluding hydrogens is 278 g/mol. The highest BCUT2D eigenvalue weighted by Gasteiger charge is 2.14. The lowest BCUT2D eigenvalue weighted by atomic mass is 10.2. The Morgan fingerprint density at radius 1 is 1.05 bits per heavy atom. The molecular formula is C13H13N3O3S. The van der Waals surface area contributed by atoms with Crippen molar-refractivity contribution in [1.29, 1.82) is 0 Å². The molecule has 3 N–H and O–H groups in total. The maximum Gasteiger partial charge on any atom is 0.296 e. The van der Waals surface area contributed by atoms with E-state index in [1.54, 1.807) is 24.3 Å². The highest BCUT2D eigenvalue weighted by atomic mass is 32.2. The second kappa shape index (κ2) is 5.40. The van der Waals surface area contributed by atoms with Crippen LogP contribution in [0, 0.1) is 6.92 Å². The molecule has 0 atom stereocenters. The number of hydrogen-bond donors (Lipinski definition) is 2. The average molecular weight is 291 g/mol. The number of hydrogen-bond acceptors (Lipinski definition) is 5. The van der Waals surface area contributed by atoms with Gasteiger partial charge in [-0.1, -0.05) is 12.1 Å². The molecule has 0 heterocycles. The Labute approximate surface area is 116 Å². The van der Waals surface area contributed by atoms with Crippen molar-refractivity contribution in [3.8, 4) is 0 Å². The minimum absolute atomic E-state index is 0.0752. The summed E-state index contributed by atoms with van der Waals surface area (Å²) in [6.45, 7) is 1.82. The average Bonchev–Trinajstić information content (AvgIpc) is 2.37. The fourth-order valence-corrected chi connectivity index (χ4v) is 2.28. The maximum absolute atomic E-state index is 11.2. The lowest BCUT2D eigenvalue weighted by Crippen LogP contribution is -1.97. The smallest absolute Gasteiger partial charge is 0.296 e. The van der Waals surface area contributed by atoms with Gasteiger partial charge in [-0.2, -0.15) is 13.5 Å². The standard InChI is InChI=1S/C13H13N3O3S/c1-9-8-10(14)6-7-11(9)15-16-12-4-2-3-5-13(12)20(17,18)19/h2-8H,14H2,1H3,(H,17,18,19). The Kier molecular flexibility index (Phi) is 3.82. The highest BCUT2D eigenvalue weighted by molar-refractivity contribution is 7.86. The second-order valence-electron chi connectivity index (χ2n) is 4.19. The summed E-state index contributed by atoms with van der Waals surface area (Å²) in [5.74, 6) is 0. The molecule has 20 heavy (non-hydrogen) atoms. The van der Waals surface area contributed by atoms with Gasteiger partial charge in [0.2, 0.25) is 0 Å². The van der Waals surface area contributed by atoms with Gasteiger partial charge in [-0.25, -0.2) is 0 Å². The van der Waals surface area contributed by atoms with Crippen molar-refractivity contribution in [3.63, 3.8) is 0 Å². The Balaban J connectivity index is 2.42. The third-order valence-corrected chi connectivity index (χ3v) is 3.53. The zero-order valence-electron chi connectivity index (χ0n) is 10.7. The molecule has 0 aliphatic heterocycles. The van der Waals surface area contributed by atoms with Crippen LogP contribution >= 0.6 is 0 Å². The van der Waals surface area contributed by atoms with Crippen LogP contribution < -0.4 is 5.73 Å². The second-order valence-corrected chi connectivity index (χ2v) is 5.58. The van der Waals surface area contributed by atoms with Gasteiger partial charge >= 0.3 is 0 Å². The summed E-state index contributed by atoms with van der Waals surface area (Å²) in [7, 11) is -4.33. The third-order valence-electron chi connectivity index (χ3n) is 2.63. The van der Waals surface area contributed by atoms with Gasteiger partial charge in [-0.15, -0.1) is 5.11 Å². The van der Waals surface area contributed by atoms with Crippen LogP contribution in [0.2, 0.25) is 0 Å². The predicted molar refractivity (Wildman–Crippen MR) is 76.0 cm³/mol. The maximum atomic E-state index is 11.2. The highest BCUT2D eigenvalue weighted by Crippen LogP contribution is 2.27. The molecule has 0 aromatic heterocycles. The van der Waals surface area contributed by atoms with E-state index < -0.39 is 10.1 Å². The van der Waals surface area contributed by atoms with Crippen LogP contribution in [0.4, 0.5) is 17.1 Å². The van der Waals surface area contributed by atoms with Crippen LogP contribution in [-0.4, -0.2) is 13.0 Å². The molecule has 0 amide bonds. The van der Waals surface area contributed by atoms with Crippen LogP contribution in [0.3, 0.4) is 0 Å². The van der Waals surface area contributed by atoms with Gasteiger partial charge in [0.05, 0.1) is 5.69 Å². The van der Waals surface area contributed by atoms with Crippen LogP contribution in [0.1, 0.15) is 5.56 Å². The summed E-state index contributed by atoms with van der Waals surface area (Å²) < 4.78 is 31.5. The number of anilines is 1. The number of nitrogens with two attached hydrogens (primary N) is 1. The summed E-state index contributed by atoms with van der Waals surface area (Å²) in [6, 6.07) is 10.9. The van der Waals surface area contributed by atoms with Crippen molar-refractivity contribution in [1.82, 2.24) is 0 Å². The molecule has 0 saturated carbocycles. The van der Waals surface area contributed by atoms with E-state index in [1.165, 1.54) is 18.2 Å². The first-order valence-electron chi connectivity index (χ1n) is 5.72. The van der Waals surface area contributed by atoms with Crippen molar-refractivity contribution in [2.24, 2.45) is 10.2 Å². The van der Waals surface area contributed by atoms with Crippen molar-refractivity contribution < 1.29 is 13.0 Å². The molecule has 0 saturated heterocycles. The molecule has 0 unspecified atom stereocenters. The normalized spacial score (nSPS) is 11.9. The molecule has 0 aliphatic rings. The summed E-state index contributed by atoms with van der Waals surface area (Å²) in [6.07, 6.45) is 0. The first-order valence-corrected chi connectivity index (χ1v) is 7.16. The molecule has 6 nitrogen and oxygen atoms in total. The Morgan fingerprint density at radius 3 is 2.35 bits per heavy atom. The number of benzene rings is 2. The fraction of sp³-hybridized carbons (Fsp3) is 0.0769. The first-order chi connectivity index (χ1) is 9.38. The van der Waals surface area contributed by atoms with Crippen molar-refractivity contribution in [2.75, 3.05) is 5.73 Å². The van der Waals surface area contributed by atoms with E-state index in [1.807, 2.05) is 6.92 Å². The number of aryl methyl sites for hydroxylation is 1. The molecule has 104 valence electrons. The van der Waals surface area contributed by atoms with Crippen LogP contribution in [0.25, 0.3) is 0 Å². The van der Waals surface area contributed by atoms with E-state index in [2.05, 4.69) is 10.2 Å². The topological polar surface area (TPSA) is 105 Å². The number of nitrogens with zero attached hydrogens (tertiary/aromatic N) is 2. The summed E-state index contributed by atoms with van der Waals surface area (Å²) in [4.78, 5) is -0.281. The zero-order valence-corrected chi connectivity index (χ0v) is 11.5. The first kappa shape index (κ1) is 14.2. The largest absolute Gasteiger partial charge is 0.399 e. The van der Waals surface area contributed by atoms with Crippen molar-refractivity contribution in [3.05, 3.63) is 48.0 Å². The third kappa shape index (κ3) is 3.19. The lowest BCUT2D eigenvalue weighted by molar-refractivity contribution is 0.483. The van der Waals surface area contributed by atoms with Crippen LogP contribution in [0.15, 0.2) is 57.6 Å². The van der Waals surface area contributed by atoms with Crippen molar-refractivity contribution >= 4 is 27.2 Å². The van der Waals surface area contributed by atoms with Gasteiger partial charge in [0.15, 0.2) is 0 Å². The molecule has 2 rings (SSSR count). The van der Waals surface area contributed by atoms with E-state index in [0.717, 1.165) is 5.56 Å². The Bertz CT molecular complexity index is 770. The molecule has 0 spiro atoms. The SMILES string of the molecule is Cc1cc(N)ccc1N=Nc1ccccc1S(=O)(=O)O. The van der Waals surface area contributed by atoms with E-state index in [4.69, 9.17) is 10.3 Å². The minimum Gasteiger partial charge on any atom is -0.399 e. The van der Waals surface area contributed by atoms with Crippen LogP contribution in [-0.2, 0) is 10.1 Å². The van der Waals surface area contributed by atoms with E-state index in [9.17, 15) is 8.42 Å². The van der Waals surface area contributed by atoms with Crippen molar-refractivity contribution in [2.45, 2.75) is 11.8 Å². The quantitative estimate of drug-likeness (QED) is 0.514.